The van der Waals surface area contributed by atoms with Crippen LogP contribution in [0.15, 0.2) is 78.9 Å². The van der Waals surface area contributed by atoms with E-state index in [0.717, 1.165) is 49.5 Å². The summed E-state index contributed by atoms with van der Waals surface area (Å²) in [6.45, 7) is 0.245. The Hall–Kier alpha value is -3.56. The number of halogens is 1. The zero-order chi connectivity index (χ0) is 31.5. The molecule has 236 valence electrons. The van der Waals surface area contributed by atoms with Gasteiger partial charge in [-0.1, -0.05) is 85.5 Å². The molecule has 1 saturated carbocycles. The highest BCUT2D eigenvalue weighted by Gasteiger charge is 2.32. The molecule has 1 unspecified atom stereocenters. The van der Waals surface area contributed by atoms with E-state index < -0.39 is 16.1 Å². The van der Waals surface area contributed by atoms with Gasteiger partial charge in [-0.15, -0.1) is 0 Å². The van der Waals surface area contributed by atoms with Gasteiger partial charge in [-0.05, 0) is 48.6 Å². The first-order valence-corrected chi connectivity index (χ1v) is 17.4. The standard InChI is InChI=1S/C34H42ClN3O5S/c1-43-30-19-11-18-29(24-30)38(44(2,41)42)22-12-21-33(39)37(25-27-15-9-10-20-31(27)35)32(23-26-13-5-3-6-14-26)34(40)36-28-16-7-4-8-17-28/h3,5-6,9-11,13-15,18-20,24,28,32H,4,7-8,12,16-17,21-23,25H2,1-2H3,(H,36,40). The first kappa shape index (κ1) is 33.3. The van der Waals surface area contributed by atoms with Gasteiger partial charge in [0.15, 0.2) is 0 Å². The summed E-state index contributed by atoms with van der Waals surface area (Å²) in [5.74, 6) is 0.102. The van der Waals surface area contributed by atoms with Crippen molar-refractivity contribution in [2.45, 2.75) is 70.0 Å². The predicted molar refractivity (Wildman–Crippen MR) is 175 cm³/mol. The fourth-order valence-electron chi connectivity index (χ4n) is 5.68. The molecule has 3 aromatic rings. The highest BCUT2D eigenvalue weighted by Crippen LogP contribution is 2.25. The first-order valence-electron chi connectivity index (χ1n) is 15.1. The first-order chi connectivity index (χ1) is 21.2. The average molecular weight is 640 g/mol. The number of ether oxygens (including phenoxy) is 1. The number of hydrogen-bond acceptors (Lipinski definition) is 5. The number of nitrogens with one attached hydrogen (secondary N) is 1. The molecule has 0 radical (unpaired) electrons. The summed E-state index contributed by atoms with van der Waals surface area (Å²) in [4.78, 5) is 29.6. The van der Waals surface area contributed by atoms with Gasteiger partial charge in [-0.3, -0.25) is 13.9 Å². The third-order valence-corrected chi connectivity index (χ3v) is 9.58. The second-order valence-electron chi connectivity index (χ2n) is 11.3. The Bertz CT molecular complexity index is 1500. The molecular weight excluding hydrogens is 598 g/mol. The number of carbonyl (C=O) groups excluding carboxylic acids is 2. The number of sulfonamides is 1. The number of amides is 2. The van der Waals surface area contributed by atoms with Gasteiger partial charge in [0.1, 0.15) is 11.8 Å². The van der Waals surface area contributed by atoms with Crippen LogP contribution in [-0.2, 0) is 32.6 Å². The second-order valence-corrected chi connectivity index (χ2v) is 13.6. The number of methoxy groups -OCH3 is 1. The quantitative estimate of drug-likeness (QED) is 0.234. The normalized spacial score (nSPS) is 14.4. The fraction of sp³-hybridized carbons (Fsp3) is 0.412. The Morgan fingerprint density at radius 3 is 2.36 bits per heavy atom. The summed E-state index contributed by atoms with van der Waals surface area (Å²) in [5, 5.41) is 3.75. The topological polar surface area (TPSA) is 96.0 Å². The number of hydrogen-bond donors (Lipinski definition) is 1. The van der Waals surface area contributed by atoms with Gasteiger partial charge < -0.3 is 15.0 Å². The molecule has 0 bridgehead atoms. The van der Waals surface area contributed by atoms with E-state index in [9.17, 15) is 18.0 Å². The van der Waals surface area contributed by atoms with E-state index in [0.29, 0.717) is 22.9 Å². The van der Waals surface area contributed by atoms with Gasteiger partial charge in [0.05, 0.1) is 19.1 Å². The van der Waals surface area contributed by atoms with Gasteiger partial charge >= 0.3 is 0 Å². The van der Waals surface area contributed by atoms with Gasteiger partial charge in [-0.25, -0.2) is 8.42 Å². The van der Waals surface area contributed by atoms with Crippen LogP contribution in [0.25, 0.3) is 0 Å². The Morgan fingerprint density at radius 1 is 0.977 bits per heavy atom. The van der Waals surface area contributed by atoms with Gasteiger partial charge in [0.2, 0.25) is 21.8 Å². The third kappa shape index (κ3) is 9.47. The summed E-state index contributed by atoms with van der Waals surface area (Å²) >= 11 is 6.54. The third-order valence-electron chi connectivity index (χ3n) is 8.01. The lowest BCUT2D eigenvalue weighted by molar-refractivity contribution is -0.141. The number of rotatable bonds is 14. The zero-order valence-electron chi connectivity index (χ0n) is 25.5. The number of benzene rings is 3. The molecule has 2 amide bonds. The zero-order valence-corrected chi connectivity index (χ0v) is 27.0. The summed E-state index contributed by atoms with van der Waals surface area (Å²) in [7, 11) is -2.11. The molecule has 0 saturated heterocycles. The van der Waals surface area contributed by atoms with Crippen molar-refractivity contribution in [2.75, 3.05) is 24.2 Å². The Balaban J connectivity index is 1.59. The predicted octanol–water partition coefficient (Wildman–Crippen LogP) is 5.98. The van der Waals surface area contributed by atoms with Crippen molar-refractivity contribution in [3.8, 4) is 5.75 Å². The van der Waals surface area contributed by atoms with E-state index in [-0.39, 0.29) is 43.8 Å². The van der Waals surface area contributed by atoms with E-state index in [1.54, 1.807) is 35.2 Å². The molecule has 1 atom stereocenters. The molecule has 3 aromatic carbocycles. The SMILES string of the molecule is COc1cccc(N(CCCC(=O)N(Cc2ccccc2Cl)C(Cc2ccccc2)C(=O)NC2CCCCC2)S(C)(=O)=O)c1. The molecule has 1 fully saturated rings. The van der Waals surface area contributed by atoms with Crippen LogP contribution in [0.5, 0.6) is 5.75 Å². The lowest BCUT2D eigenvalue weighted by Gasteiger charge is -2.34. The summed E-state index contributed by atoms with van der Waals surface area (Å²) < 4.78 is 32.0. The smallest absolute Gasteiger partial charge is 0.243 e. The lowest BCUT2D eigenvalue weighted by atomic mass is 9.94. The van der Waals surface area contributed by atoms with E-state index >= 15 is 0 Å². The van der Waals surface area contributed by atoms with Crippen LogP contribution >= 0.6 is 11.6 Å². The number of nitrogens with zero attached hydrogens (tertiary/aromatic N) is 2. The van der Waals surface area contributed by atoms with Crippen LogP contribution < -0.4 is 14.4 Å². The molecule has 1 N–H and O–H groups in total. The molecule has 0 spiro atoms. The minimum absolute atomic E-state index is 0.0441. The van der Waals surface area contributed by atoms with Crippen molar-refractivity contribution < 1.29 is 22.7 Å². The van der Waals surface area contributed by atoms with E-state index in [1.807, 2.05) is 48.5 Å². The van der Waals surface area contributed by atoms with Crippen molar-refractivity contribution in [1.82, 2.24) is 10.2 Å². The Labute approximate surface area is 266 Å². The number of carbonyl (C=O) groups is 2. The average Bonchev–Trinajstić information content (AvgIpc) is 3.02. The van der Waals surface area contributed by atoms with Crippen molar-refractivity contribution in [3.05, 3.63) is 95.0 Å². The monoisotopic (exact) mass is 639 g/mol. The van der Waals surface area contributed by atoms with Gasteiger partial charge in [0.25, 0.3) is 0 Å². The molecule has 4 rings (SSSR count). The van der Waals surface area contributed by atoms with Gasteiger partial charge in [-0.2, -0.15) is 0 Å². The molecule has 0 aliphatic heterocycles. The van der Waals surface area contributed by atoms with Crippen LogP contribution in [0.1, 0.15) is 56.1 Å². The van der Waals surface area contributed by atoms with Crippen molar-refractivity contribution >= 4 is 39.1 Å². The van der Waals surface area contributed by atoms with Crippen molar-refractivity contribution in [2.24, 2.45) is 0 Å². The van der Waals surface area contributed by atoms with E-state index in [1.165, 1.54) is 11.4 Å². The largest absolute Gasteiger partial charge is 0.497 e. The minimum atomic E-state index is -3.63. The van der Waals surface area contributed by atoms with Crippen LogP contribution in [0.2, 0.25) is 5.02 Å². The second kappa shape index (κ2) is 16.0. The van der Waals surface area contributed by atoms with E-state index in [2.05, 4.69) is 5.32 Å². The maximum atomic E-state index is 14.1. The molecular formula is C34H42ClN3O5S. The van der Waals surface area contributed by atoms with E-state index in [4.69, 9.17) is 16.3 Å². The summed E-state index contributed by atoms with van der Waals surface area (Å²) in [6, 6.07) is 23.1. The molecule has 10 heteroatoms. The molecule has 8 nitrogen and oxygen atoms in total. The summed E-state index contributed by atoms with van der Waals surface area (Å²) in [5.41, 5.74) is 2.13. The molecule has 44 heavy (non-hydrogen) atoms. The lowest BCUT2D eigenvalue weighted by Crippen LogP contribution is -2.53. The van der Waals surface area contributed by atoms with Crippen LogP contribution in [0.3, 0.4) is 0 Å². The highest BCUT2D eigenvalue weighted by molar-refractivity contribution is 7.92. The molecule has 0 aromatic heterocycles. The highest BCUT2D eigenvalue weighted by atomic mass is 35.5. The Morgan fingerprint density at radius 2 is 1.68 bits per heavy atom. The van der Waals surface area contributed by atoms with Crippen LogP contribution in [-0.4, -0.2) is 57.1 Å². The van der Waals surface area contributed by atoms with Crippen LogP contribution in [0, 0.1) is 0 Å². The molecule has 0 heterocycles. The van der Waals surface area contributed by atoms with Crippen LogP contribution in [0.4, 0.5) is 5.69 Å². The fourth-order valence-corrected chi connectivity index (χ4v) is 6.83. The molecule has 1 aliphatic carbocycles. The minimum Gasteiger partial charge on any atom is -0.497 e. The Kier molecular flexibility index (Phi) is 12.1. The molecule has 1 aliphatic rings. The van der Waals surface area contributed by atoms with Crippen molar-refractivity contribution in [1.29, 1.82) is 0 Å². The van der Waals surface area contributed by atoms with Crippen molar-refractivity contribution in [3.63, 3.8) is 0 Å². The maximum absolute atomic E-state index is 14.1. The number of anilines is 1. The van der Waals surface area contributed by atoms with Gasteiger partial charge in [0, 0.05) is 43.1 Å². The summed E-state index contributed by atoms with van der Waals surface area (Å²) in [6.07, 6.45) is 6.94. The maximum Gasteiger partial charge on any atom is 0.243 e.